The molecule has 6 nitrogen and oxygen atoms in total. The number of rotatable bonds is 5. The quantitative estimate of drug-likeness (QED) is 0.826. The lowest BCUT2D eigenvalue weighted by molar-refractivity contribution is -0.138. The molecule has 90 valence electrons. The number of hydrogen-bond donors (Lipinski definition) is 1. The van der Waals surface area contributed by atoms with E-state index in [1.807, 2.05) is 6.92 Å². The Hall–Kier alpha value is -1.37. The monoisotopic (exact) mass is 246 g/mol. The maximum atomic E-state index is 11.2. The summed E-state index contributed by atoms with van der Waals surface area (Å²) < 4.78 is 23.8. The van der Waals surface area contributed by atoms with Crippen molar-refractivity contribution in [1.29, 1.82) is 0 Å². The van der Waals surface area contributed by atoms with Crippen molar-refractivity contribution in [2.75, 3.05) is 6.26 Å². The van der Waals surface area contributed by atoms with E-state index in [1.54, 1.807) is 0 Å². The second kappa shape index (κ2) is 4.65. The van der Waals surface area contributed by atoms with Gasteiger partial charge in [-0.1, -0.05) is 6.92 Å². The topological polar surface area (TPSA) is 89.3 Å². The molecule has 0 bridgehead atoms. The number of carboxylic acid groups (broad SMARTS) is 1. The van der Waals surface area contributed by atoms with Crippen LogP contribution in [0.2, 0.25) is 0 Å². The minimum atomic E-state index is -3.28. The predicted molar refractivity (Wildman–Crippen MR) is 56.9 cm³/mol. The van der Waals surface area contributed by atoms with Gasteiger partial charge in [0.05, 0.1) is 18.7 Å². The first-order chi connectivity index (χ1) is 7.34. The Morgan fingerprint density at radius 2 is 2.25 bits per heavy atom. The number of carboxylic acids is 1. The zero-order valence-electron chi connectivity index (χ0n) is 9.12. The number of nitrogens with zero attached hydrogens (tertiary/aromatic N) is 2. The van der Waals surface area contributed by atoms with Crippen LogP contribution in [-0.4, -0.2) is 35.5 Å². The lowest BCUT2D eigenvalue weighted by Crippen LogP contribution is -2.13. The van der Waals surface area contributed by atoms with Crippen LogP contribution in [0.4, 0.5) is 0 Å². The molecule has 1 unspecified atom stereocenters. The van der Waals surface area contributed by atoms with Gasteiger partial charge in [-0.3, -0.25) is 9.48 Å². The van der Waals surface area contributed by atoms with Gasteiger partial charge in [-0.25, -0.2) is 8.42 Å². The number of aliphatic carboxylic acids is 1. The molecule has 16 heavy (non-hydrogen) atoms. The second-order valence-corrected chi connectivity index (χ2v) is 5.60. The summed E-state index contributed by atoms with van der Waals surface area (Å²) in [6, 6.07) is -0.312. The molecule has 1 rings (SSSR count). The molecule has 0 aliphatic heterocycles. The molecule has 0 spiro atoms. The molecule has 1 atom stereocenters. The third kappa shape index (κ3) is 3.06. The average Bonchev–Trinajstić information content (AvgIpc) is 2.61. The highest BCUT2D eigenvalue weighted by molar-refractivity contribution is 7.90. The van der Waals surface area contributed by atoms with E-state index in [-0.39, 0.29) is 17.4 Å². The summed E-state index contributed by atoms with van der Waals surface area (Å²) in [5, 5.41) is 12.6. The lowest BCUT2D eigenvalue weighted by Gasteiger charge is -2.12. The van der Waals surface area contributed by atoms with Gasteiger partial charge < -0.3 is 5.11 Å². The Morgan fingerprint density at radius 1 is 1.62 bits per heavy atom. The fourth-order valence-electron chi connectivity index (χ4n) is 1.34. The van der Waals surface area contributed by atoms with Crippen LogP contribution >= 0.6 is 0 Å². The maximum absolute atomic E-state index is 11.2. The van der Waals surface area contributed by atoms with Gasteiger partial charge in [0.2, 0.25) is 0 Å². The number of hydrogen-bond acceptors (Lipinski definition) is 4. The first-order valence-corrected chi connectivity index (χ1v) is 6.69. The summed E-state index contributed by atoms with van der Waals surface area (Å²) >= 11 is 0. The van der Waals surface area contributed by atoms with E-state index in [0.717, 1.165) is 6.26 Å². The van der Waals surface area contributed by atoms with E-state index >= 15 is 0 Å². The van der Waals surface area contributed by atoms with Crippen LogP contribution in [0.15, 0.2) is 17.3 Å². The van der Waals surface area contributed by atoms with E-state index < -0.39 is 15.8 Å². The molecule has 0 saturated heterocycles. The first kappa shape index (κ1) is 12.7. The molecule has 7 heteroatoms. The fourth-order valence-corrected chi connectivity index (χ4v) is 1.88. The fraction of sp³-hybridized carbons (Fsp3) is 0.556. The van der Waals surface area contributed by atoms with Crippen LogP contribution < -0.4 is 0 Å². The summed E-state index contributed by atoms with van der Waals surface area (Å²) in [4.78, 5) is 10.7. The van der Waals surface area contributed by atoms with Crippen molar-refractivity contribution in [3.05, 3.63) is 12.4 Å². The van der Waals surface area contributed by atoms with Crippen LogP contribution in [0, 0.1) is 0 Å². The standard InChI is InChI=1S/C9H14N2O4S/c1-3-7(4-9(12)13)11-6-8(5-10-11)16(2,14)15/h5-7H,3-4H2,1-2H3,(H,12,13). The Bertz CT molecular complexity index is 477. The lowest BCUT2D eigenvalue weighted by atomic mass is 10.1. The summed E-state index contributed by atoms with van der Waals surface area (Å²) in [6.07, 6.45) is 4.21. The molecule has 1 aromatic heterocycles. The molecule has 1 N–H and O–H groups in total. The summed E-state index contributed by atoms with van der Waals surface area (Å²) in [5.74, 6) is -0.928. The maximum Gasteiger partial charge on any atom is 0.305 e. The van der Waals surface area contributed by atoms with Gasteiger partial charge in [-0.2, -0.15) is 5.10 Å². The predicted octanol–water partition coefficient (Wildman–Crippen LogP) is 0.712. The molecule has 0 fully saturated rings. The van der Waals surface area contributed by atoms with Gasteiger partial charge in [-0.15, -0.1) is 0 Å². The first-order valence-electron chi connectivity index (χ1n) is 4.80. The van der Waals surface area contributed by atoms with Crippen LogP contribution in [-0.2, 0) is 14.6 Å². The van der Waals surface area contributed by atoms with Crippen molar-refractivity contribution in [2.45, 2.75) is 30.7 Å². The van der Waals surface area contributed by atoms with Gasteiger partial charge in [0.15, 0.2) is 9.84 Å². The normalized spacial score (nSPS) is 13.6. The smallest absolute Gasteiger partial charge is 0.305 e. The highest BCUT2D eigenvalue weighted by Gasteiger charge is 2.17. The van der Waals surface area contributed by atoms with Gasteiger partial charge in [0.25, 0.3) is 0 Å². The molecule has 0 radical (unpaired) electrons. The van der Waals surface area contributed by atoms with Gasteiger partial charge in [0, 0.05) is 12.5 Å². The molecule has 0 aromatic carbocycles. The third-order valence-corrected chi connectivity index (χ3v) is 3.33. The average molecular weight is 246 g/mol. The van der Waals surface area contributed by atoms with Crippen molar-refractivity contribution in [3.8, 4) is 0 Å². The van der Waals surface area contributed by atoms with E-state index in [4.69, 9.17) is 5.11 Å². The Kier molecular flexibility index (Phi) is 3.69. The Morgan fingerprint density at radius 3 is 2.62 bits per heavy atom. The second-order valence-electron chi connectivity index (χ2n) is 3.59. The van der Waals surface area contributed by atoms with E-state index in [1.165, 1.54) is 17.1 Å². The summed E-state index contributed by atoms with van der Waals surface area (Å²) in [7, 11) is -3.28. The minimum absolute atomic E-state index is 0.0681. The van der Waals surface area contributed by atoms with Crippen molar-refractivity contribution in [3.63, 3.8) is 0 Å². The van der Waals surface area contributed by atoms with Crippen molar-refractivity contribution in [2.24, 2.45) is 0 Å². The highest BCUT2D eigenvalue weighted by atomic mass is 32.2. The molecule has 0 amide bonds. The molecular weight excluding hydrogens is 232 g/mol. The van der Waals surface area contributed by atoms with Crippen LogP contribution in [0.25, 0.3) is 0 Å². The Labute approximate surface area is 93.8 Å². The summed E-state index contributed by atoms with van der Waals surface area (Å²) in [5.41, 5.74) is 0. The number of sulfone groups is 1. The molecule has 0 saturated carbocycles. The largest absolute Gasteiger partial charge is 0.481 e. The van der Waals surface area contributed by atoms with E-state index in [0.29, 0.717) is 6.42 Å². The van der Waals surface area contributed by atoms with Crippen molar-refractivity contribution in [1.82, 2.24) is 9.78 Å². The molecule has 1 heterocycles. The zero-order chi connectivity index (χ0) is 12.3. The zero-order valence-corrected chi connectivity index (χ0v) is 9.94. The molecule has 0 aliphatic carbocycles. The minimum Gasteiger partial charge on any atom is -0.481 e. The van der Waals surface area contributed by atoms with Crippen LogP contribution in [0.5, 0.6) is 0 Å². The van der Waals surface area contributed by atoms with Gasteiger partial charge in [0.1, 0.15) is 4.90 Å². The van der Waals surface area contributed by atoms with E-state index in [2.05, 4.69) is 5.10 Å². The molecule has 0 aliphatic rings. The number of carbonyl (C=O) groups is 1. The Balaban J connectivity index is 2.95. The van der Waals surface area contributed by atoms with E-state index in [9.17, 15) is 13.2 Å². The molecular formula is C9H14N2O4S. The third-order valence-electron chi connectivity index (χ3n) is 2.26. The molecule has 1 aromatic rings. The van der Waals surface area contributed by atoms with Crippen LogP contribution in [0.1, 0.15) is 25.8 Å². The highest BCUT2D eigenvalue weighted by Crippen LogP contribution is 2.17. The van der Waals surface area contributed by atoms with Crippen molar-refractivity contribution < 1.29 is 18.3 Å². The van der Waals surface area contributed by atoms with Gasteiger partial charge >= 0.3 is 5.97 Å². The van der Waals surface area contributed by atoms with Crippen LogP contribution in [0.3, 0.4) is 0 Å². The van der Waals surface area contributed by atoms with Gasteiger partial charge in [-0.05, 0) is 6.42 Å². The van der Waals surface area contributed by atoms with Crippen molar-refractivity contribution >= 4 is 15.8 Å². The number of aromatic nitrogens is 2. The SMILES string of the molecule is CCC(CC(=O)O)n1cc(S(C)(=O)=O)cn1. The summed E-state index contributed by atoms with van der Waals surface area (Å²) in [6.45, 7) is 1.83.